The van der Waals surface area contributed by atoms with Gasteiger partial charge < -0.3 is 11.1 Å². The van der Waals surface area contributed by atoms with Gasteiger partial charge in [-0.25, -0.2) is 0 Å². The lowest BCUT2D eigenvalue weighted by Gasteiger charge is -2.15. The Morgan fingerprint density at radius 2 is 2.05 bits per heavy atom. The lowest BCUT2D eigenvalue weighted by atomic mass is 10.1. The van der Waals surface area contributed by atoms with E-state index < -0.39 is 11.9 Å². The highest BCUT2D eigenvalue weighted by Gasteiger charge is 2.19. The fraction of sp³-hybridized carbons (Fsp3) is 0.312. The number of carbonyl (C=O) groups excluding carboxylic acids is 2. The van der Waals surface area contributed by atoms with E-state index in [1.54, 1.807) is 12.3 Å². The summed E-state index contributed by atoms with van der Waals surface area (Å²) in [6, 6.07) is 8.41. The minimum absolute atomic E-state index is 0.298. The zero-order chi connectivity index (χ0) is 15.2. The zero-order valence-electron chi connectivity index (χ0n) is 12.0. The first kappa shape index (κ1) is 15.0. The van der Waals surface area contributed by atoms with Gasteiger partial charge in [0.1, 0.15) is 6.04 Å². The Morgan fingerprint density at radius 3 is 2.76 bits per heavy atom. The van der Waals surface area contributed by atoms with Gasteiger partial charge in [0.2, 0.25) is 5.91 Å². The number of carbonyl (C=O) groups is 2. The lowest BCUT2D eigenvalue weighted by molar-refractivity contribution is -0.120. The van der Waals surface area contributed by atoms with Crippen LogP contribution in [-0.4, -0.2) is 22.8 Å². The molecule has 0 aliphatic carbocycles. The molecule has 0 saturated carbocycles. The van der Waals surface area contributed by atoms with Crippen molar-refractivity contribution in [2.45, 2.75) is 32.2 Å². The van der Waals surface area contributed by atoms with Crippen LogP contribution in [0.4, 0.5) is 0 Å². The van der Waals surface area contributed by atoms with Gasteiger partial charge >= 0.3 is 0 Å². The molecular weight excluding hydrogens is 266 g/mol. The molecule has 5 heteroatoms. The number of pyridine rings is 1. The van der Waals surface area contributed by atoms with Crippen molar-refractivity contribution in [3.63, 3.8) is 0 Å². The Labute approximate surface area is 123 Å². The van der Waals surface area contributed by atoms with Gasteiger partial charge in [0.25, 0.3) is 5.91 Å². The van der Waals surface area contributed by atoms with E-state index >= 15 is 0 Å². The fourth-order valence-corrected chi connectivity index (χ4v) is 2.22. The SMILES string of the molecule is CCCC[C@H](NC(=O)c1ccnc2ccccc12)C(N)=O. The van der Waals surface area contributed by atoms with Crippen LogP contribution >= 0.6 is 0 Å². The summed E-state index contributed by atoms with van der Waals surface area (Å²) < 4.78 is 0. The summed E-state index contributed by atoms with van der Waals surface area (Å²) in [5, 5.41) is 3.48. The van der Waals surface area contributed by atoms with Gasteiger partial charge in [-0.3, -0.25) is 14.6 Å². The molecule has 21 heavy (non-hydrogen) atoms. The number of primary amides is 1. The van der Waals surface area contributed by atoms with Crippen LogP contribution in [0.15, 0.2) is 36.5 Å². The third kappa shape index (κ3) is 3.56. The molecule has 1 heterocycles. The van der Waals surface area contributed by atoms with Crippen molar-refractivity contribution in [1.29, 1.82) is 0 Å². The molecule has 0 fully saturated rings. The summed E-state index contributed by atoms with van der Waals surface area (Å²) in [7, 11) is 0. The number of nitrogens with zero attached hydrogens (tertiary/aromatic N) is 1. The number of hydrogen-bond donors (Lipinski definition) is 2. The first-order valence-corrected chi connectivity index (χ1v) is 7.07. The van der Waals surface area contributed by atoms with Crippen LogP contribution in [0, 0.1) is 0 Å². The molecule has 0 bridgehead atoms. The second kappa shape index (κ2) is 6.83. The van der Waals surface area contributed by atoms with Crippen molar-refractivity contribution >= 4 is 22.7 Å². The summed E-state index contributed by atoms with van der Waals surface area (Å²) >= 11 is 0. The number of nitrogens with two attached hydrogens (primary N) is 1. The van der Waals surface area contributed by atoms with Gasteiger partial charge in [-0.2, -0.15) is 0 Å². The smallest absolute Gasteiger partial charge is 0.252 e. The van der Waals surface area contributed by atoms with Crippen LogP contribution in [0.3, 0.4) is 0 Å². The zero-order valence-corrected chi connectivity index (χ0v) is 12.0. The van der Waals surface area contributed by atoms with Gasteiger partial charge in [-0.05, 0) is 18.6 Å². The van der Waals surface area contributed by atoms with E-state index in [1.807, 2.05) is 31.2 Å². The fourth-order valence-electron chi connectivity index (χ4n) is 2.22. The van der Waals surface area contributed by atoms with Crippen molar-refractivity contribution in [3.8, 4) is 0 Å². The summed E-state index contributed by atoms with van der Waals surface area (Å²) in [5.74, 6) is -0.802. The molecule has 3 N–H and O–H groups in total. The van der Waals surface area contributed by atoms with Gasteiger partial charge in [0, 0.05) is 11.6 Å². The molecule has 2 rings (SSSR count). The van der Waals surface area contributed by atoms with E-state index in [0.29, 0.717) is 12.0 Å². The minimum Gasteiger partial charge on any atom is -0.368 e. The average Bonchev–Trinajstić information content (AvgIpc) is 2.50. The summed E-state index contributed by atoms with van der Waals surface area (Å²) in [5.41, 5.74) is 6.60. The quantitative estimate of drug-likeness (QED) is 0.851. The first-order valence-electron chi connectivity index (χ1n) is 7.07. The molecule has 0 saturated heterocycles. The van der Waals surface area contributed by atoms with E-state index in [9.17, 15) is 9.59 Å². The number of aromatic nitrogens is 1. The predicted molar refractivity (Wildman–Crippen MR) is 81.7 cm³/mol. The standard InChI is InChI=1S/C16H19N3O2/c1-2-3-7-14(15(17)20)19-16(21)12-9-10-18-13-8-5-4-6-11(12)13/h4-6,8-10,14H,2-3,7H2,1H3,(H2,17,20)(H,19,21)/t14-/m0/s1. The number of hydrogen-bond acceptors (Lipinski definition) is 3. The maximum atomic E-state index is 12.4. The van der Waals surface area contributed by atoms with Gasteiger partial charge in [-0.1, -0.05) is 38.0 Å². The van der Waals surface area contributed by atoms with E-state index in [0.717, 1.165) is 23.7 Å². The third-order valence-corrected chi connectivity index (χ3v) is 3.39. The van der Waals surface area contributed by atoms with Crippen LogP contribution < -0.4 is 11.1 Å². The van der Waals surface area contributed by atoms with Gasteiger partial charge in [0.05, 0.1) is 11.1 Å². The number of amides is 2. The maximum Gasteiger partial charge on any atom is 0.252 e. The summed E-state index contributed by atoms with van der Waals surface area (Å²) in [6.45, 7) is 2.02. The molecule has 2 aromatic rings. The first-order chi connectivity index (χ1) is 10.1. The van der Waals surface area contributed by atoms with E-state index in [2.05, 4.69) is 10.3 Å². The number of nitrogens with one attached hydrogen (secondary N) is 1. The molecule has 1 aromatic carbocycles. The largest absolute Gasteiger partial charge is 0.368 e. The van der Waals surface area contributed by atoms with E-state index in [-0.39, 0.29) is 5.91 Å². The Balaban J connectivity index is 2.23. The second-order valence-electron chi connectivity index (χ2n) is 4.95. The van der Waals surface area contributed by atoms with Crippen LogP contribution in [0.1, 0.15) is 36.5 Å². The highest BCUT2D eigenvalue weighted by Crippen LogP contribution is 2.16. The number of benzene rings is 1. The molecule has 2 amide bonds. The molecule has 0 aliphatic rings. The van der Waals surface area contributed by atoms with Crippen LogP contribution in [0.5, 0.6) is 0 Å². The summed E-state index contributed by atoms with van der Waals surface area (Å²) in [6.07, 6.45) is 3.92. The van der Waals surface area contributed by atoms with E-state index in [1.165, 1.54) is 0 Å². The number of rotatable bonds is 6. The number of fused-ring (bicyclic) bond motifs is 1. The Kier molecular flexibility index (Phi) is 4.87. The molecule has 0 unspecified atom stereocenters. The summed E-state index contributed by atoms with van der Waals surface area (Å²) in [4.78, 5) is 28.0. The van der Waals surface area contributed by atoms with E-state index in [4.69, 9.17) is 5.73 Å². The Bertz CT molecular complexity index is 650. The predicted octanol–water partition coefficient (Wildman–Crippen LogP) is 2.01. The average molecular weight is 285 g/mol. The Morgan fingerprint density at radius 1 is 1.29 bits per heavy atom. The highest BCUT2D eigenvalue weighted by molar-refractivity contribution is 6.07. The molecule has 0 radical (unpaired) electrons. The normalized spacial score (nSPS) is 12.0. The van der Waals surface area contributed by atoms with Gasteiger partial charge in [-0.15, -0.1) is 0 Å². The molecule has 1 aromatic heterocycles. The molecular formula is C16H19N3O2. The van der Waals surface area contributed by atoms with Crippen molar-refractivity contribution in [2.24, 2.45) is 5.73 Å². The topological polar surface area (TPSA) is 85.1 Å². The molecule has 0 aliphatic heterocycles. The number of para-hydroxylation sites is 1. The highest BCUT2D eigenvalue weighted by atomic mass is 16.2. The lowest BCUT2D eigenvalue weighted by Crippen LogP contribution is -2.44. The van der Waals surface area contributed by atoms with Crippen molar-refractivity contribution in [2.75, 3.05) is 0 Å². The van der Waals surface area contributed by atoms with Gasteiger partial charge in [0.15, 0.2) is 0 Å². The monoisotopic (exact) mass is 285 g/mol. The van der Waals surface area contributed by atoms with Crippen LogP contribution in [-0.2, 0) is 4.79 Å². The maximum absolute atomic E-state index is 12.4. The van der Waals surface area contributed by atoms with Crippen molar-refractivity contribution in [3.05, 3.63) is 42.1 Å². The van der Waals surface area contributed by atoms with Crippen molar-refractivity contribution in [1.82, 2.24) is 10.3 Å². The molecule has 1 atom stereocenters. The number of unbranched alkanes of at least 4 members (excludes halogenated alkanes) is 1. The molecule has 5 nitrogen and oxygen atoms in total. The molecule has 110 valence electrons. The second-order valence-corrected chi connectivity index (χ2v) is 4.95. The van der Waals surface area contributed by atoms with Crippen LogP contribution in [0.25, 0.3) is 10.9 Å². The Hall–Kier alpha value is -2.43. The minimum atomic E-state index is -0.635. The van der Waals surface area contributed by atoms with Crippen molar-refractivity contribution < 1.29 is 9.59 Å². The van der Waals surface area contributed by atoms with Crippen LogP contribution in [0.2, 0.25) is 0 Å². The third-order valence-electron chi connectivity index (χ3n) is 3.39. The molecule has 0 spiro atoms.